The van der Waals surface area contributed by atoms with Gasteiger partial charge in [0.15, 0.2) is 5.78 Å². The Labute approximate surface area is 129 Å². The van der Waals surface area contributed by atoms with Gasteiger partial charge in [0.25, 0.3) is 0 Å². The number of aryl methyl sites for hydroxylation is 1. The number of benzene rings is 2. The van der Waals surface area contributed by atoms with Crippen molar-refractivity contribution in [2.24, 2.45) is 0 Å². The maximum absolute atomic E-state index is 12.5. The first kappa shape index (κ1) is 15.0. The second-order valence-electron chi connectivity index (χ2n) is 5.24. The highest BCUT2D eigenvalue weighted by Gasteiger charge is 2.13. The van der Waals surface area contributed by atoms with Crippen LogP contribution in [-0.2, 0) is 0 Å². The van der Waals surface area contributed by atoms with Gasteiger partial charge in [-0.25, -0.2) is 0 Å². The van der Waals surface area contributed by atoms with Crippen molar-refractivity contribution in [2.45, 2.75) is 33.1 Å². The van der Waals surface area contributed by atoms with Crippen LogP contribution in [0.15, 0.2) is 46.9 Å². The minimum Gasteiger partial charge on any atom is -0.289 e. The molecule has 2 rings (SSSR count). The second-order valence-corrected chi connectivity index (χ2v) is 6.10. The van der Waals surface area contributed by atoms with Crippen LogP contribution in [0, 0.1) is 6.92 Å². The lowest BCUT2D eigenvalue weighted by atomic mass is 9.95. The molecule has 2 aromatic rings. The molecule has 0 N–H and O–H groups in total. The topological polar surface area (TPSA) is 17.1 Å². The summed E-state index contributed by atoms with van der Waals surface area (Å²) in [5.74, 6) is 0.595. The molecule has 20 heavy (non-hydrogen) atoms. The molecule has 104 valence electrons. The normalized spacial score (nSPS) is 12.2. The van der Waals surface area contributed by atoms with E-state index in [1.807, 2.05) is 37.3 Å². The molecular weight excluding hydrogens is 312 g/mol. The molecule has 0 radical (unpaired) electrons. The summed E-state index contributed by atoms with van der Waals surface area (Å²) >= 11 is 3.47. The highest BCUT2D eigenvalue weighted by Crippen LogP contribution is 2.23. The van der Waals surface area contributed by atoms with E-state index in [1.165, 1.54) is 5.56 Å². The fourth-order valence-corrected chi connectivity index (χ4v) is 2.83. The van der Waals surface area contributed by atoms with Crippen molar-refractivity contribution in [1.82, 2.24) is 0 Å². The molecule has 1 nitrogen and oxygen atoms in total. The van der Waals surface area contributed by atoms with Gasteiger partial charge in [-0.2, -0.15) is 0 Å². The summed E-state index contributed by atoms with van der Waals surface area (Å²) < 4.78 is 0.855. The molecule has 0 spiro atoms. The molecule has 1 atom stereocenters. The van der Waals surface area contributed by atoms with Crippen LogP contribution in [0.25, 0.3) is 0 Å². The Morgan fingerprint density at radius 2 is 1.80 bits per heavy atom. The van der Waals surface area contributed by atoms with E-state index in [0.29, 0.717) is 11.5 Å². The molecule has 0 heterocycles. The first-order valence-corrected chi connectivity index (χ1v) is 7.73. The van der Waals surface area contributed by atoms with E-state index in [9.17, 15) is 4.79 Å². The number of ketones is 1. The Morgan fingerprint density at radius 1 is 1.15 bits per heavy atom. The maximum Gasteiger partial charge on any atom is 0.194 e. The average Bonchev–Trinajstić information content (AvgIpc) is 2.46. The molecule has 0 saturated heterocycles. The number of rotatable bonds is 4. The zero-order chi connectivity index (χ0) is 14.7. The third kappa shape index (κ3) is 3.18. The van der Waals surface area contributed by atoms with Crippen molar-refractivity contribution in [3.05, 3.63) is 69.2 Å². The highest BCUT2D eigenvalue weighted by molar-refractivity contribution is 9.10. The van der Waals surface area contributed by atoms with Crippen molar-refractivity contribution >= 4 is 21.7 Å². The summed E-state index contributed by atoms with van der Waals surface area (Å²) in [7, 11) is 0. The van der Waals surface area contributed by atoms with Crippen molar-refractivity contribution in [3.8, 4) is 0 Å². The van der Waals surface area contributed by atoms with Gasteiger partial charge in [-0.15, -0.1) is 0 Å². The molecule has 0 aromatic heterocycles. The van der Waals surface area contributed by atoms with Crippen LogP contribution >= 0.6 is 15.9 Å². The Morgan fingerprint density at radius 3 is 2.35 bits per heavy atom. The smallest absolute Gasteiger partial charge is 0.194 e. The summed E-state index contributed by atoms with van der Waals surface area (Å²) in [6.07, 6.45) is 1.11. The Hall–Kier alpha value is -1.41. The Balaban J connectivity index is 2.29. The summed E-state index contributed by atoms with van der Waals surface area (Å²) in [5.41, 5.74) is 3.88. The van der Waals surface area contributed by atoms with Gasteiger partial charge in [0.2, 0.25) is 0 Å². The van der Waals surface area contributed by atoms with Crippen molar-refractivity contribution in [3.63, 3.8) is 0 Å². The van der Waals surface area contributed by atoms with E-state index in [-0.39, 0.29) is 5.78 Å². The minimum absolute atomic E-state index is 0.0626. The molecule has 0 amide bonds. The molecule has 0 saturated carbocycles. The third-order valence-corrected chi connectivity index (χ3v) is 4.38. The highest BCUT2D eigenvalue weighted by atomic mass is 79.9. The summed E-state index contributed by atoms with van der Waals surface area (Å²) in [4.78, 5) is 12.5. The van der Waals surface area contributed by atoms with Crippen LogP contribution in [-0.4, -0.2) is 5.78 Å². The predicted octanol–water partition coefficient (Wildman–Crippen LogP) is 5.50. The molecule has 0 aliphatic heterocycles. The molecular formula is C18H19BrO. The molecule has 2 heteroatoms. The van der Waals surface area contributed by atoms with Crippen LogP contribution in [0.3, 0.4) is 0 Å². The van der Waals surface area contributed by atoms with E-state index in [4.69, 9.17) is 0 Å². The molecule has 0 aliphatic rings. The number of carbonyl (C=O) groups is 1. The quantitative estimate of drug-likeness (QED) is 0.676. The second kappa shape index (κ2) is 6.36. The van der Waals surface area contributed by atoms with E-state index in [1.54, 1.807) is 0 Å². The van der Waals surface area contributed by atoms with Gasteiger partial charge in [-0.05, 0) is 42.5 Å². The summed E-state index contributed by atoms with van der Waals surface area (Å²) in [5, 5.41) is 0. The average molecular weight is 331 g/mol. The third-order valence-electron chi connectivity index (χ3n) is 3.72. The first-order chi connectivity index (χ1) is 9.52. The predicted molar refractivity (Wildman–Crippen MR) is 87.5 cm³/mol. The van der Waals surface area contributed by atoms with Gasteiger partial charge in [-0.1, -0.05) is 60.1 Å². The van der Waals surface area contributed by atoms with Crippen LogP contribution < -0.4 is 0 Å². The number of halogens is 1. The largest absolute Gasteiger partial charge is 0.289 e. The number of carbonyl (C=O) groups excluding carboxylic acids is 1. The van der Waals surface area contributed by atoms with E-state index >= 15 is 0 Å². The fourth-order valence-electron chi connectivity index (χ4n) is 2.16. The van der Waals surface area contributed by atoms with Crippen LogP contribution in [0.5, 0.6) is 0 Å². The lowest BCUT2D eigenvalue weighted by Crippen LogP contribution is -2.03. The maximum atomic E-state index is 12.5. The van der Waals surface area contributed by atoms with Gasteiger partial charge >= 0.3 is 0 Å². The molecule has 2 aromatic carbocycles. The standard InChI is InChI=1S/C18H19BrO/c1-4-13(3)14-6-8-15(9-7-14)18(20)16-10-5-12(2)11-17(16)19/h5-11,13H,4H2,1-3H3. The first-order valence-electron chi connectivity index (χ1n) is 6.93. The minimum atomic E-state index is 0.0626. The van der Waals surface area contributed by atoms with E-state index < -0.39 is 0 Å². The van der Waals surface area contributed by atoms with E-state index in [2.05, 4.69) is 41.9 Å². The van der Waals surface area contributed by atoms with Gasteiger partial charge < -0.3 is 0 Å². The van der Waals surface area contributed by atoms with Gasteiger partial charge in [0.05, 0.1) is 0 Å². The lowest BCUT2D eigenvalue weighted by Gasteiger charge is -2.10. The van der Waals surface area contributed by atoms with Gasteiger partial charge in [-0.3, -0.25) is 4.79 Å². The van der Waals surface area contributed by atoms with Crippen LogP contribution in [0.2, 0.25) is 0 Å². The molecule has 0 aliphatic carbocycles. The van der Waals surface area contributed by atoms with Gasteiger partial charge in [0.1, 0.15) is 0 Å². The monoisotopic (exact) mass is 330 g/mol. The SMILES string of the molecule is CCC(C)c1ccc(C(=O)c2ccc(C)cc2Br)cc1. The van der Waals surface area contributed by atoms with Gasteiger partial charge in [0, 0.05) is 15.6 Å². The molecule has 1 unspecified atom stereocenters. The zero-order valence-corrected chi connectivity index (χ0v) is 13.7. The summed E-state index contributed by atoms with van der Waals surface area (Å²) in [6, 6.07) is 13.8. The molecule has 0 bridgehead atoms. The number of hydrogen-bond acceptors (Lipinski definition) is 1. The lowest BCUT2D eigenvalue weighted by molar-refractivity contribution is 0.103. The number of hydrogen-bond donors (Lipinski definition) is 0. The van der Waals surface area contributed by atoms with Crippen molar-refractivity contribution < 1.29 is 4.79 Å². The Kier molecular flexibility index (Phi) is 4.77. The van der Waals surface area contributed by atoms with Crippen LogP contribution in [0.1, 0.15) is 53.2 Å². The molecule has 0 fully saturated rings. The van der Waals surface area contributed by atoms with Crippen molar-refractivity contribution in [2.75, 3.05) is 0 Å². The summed E-state index contributed by atoms with van der Waals surface area (Å²) in [6.45, 7) is 6.39. The fraction of sp³-hybridized carbons (Fsp3) is 0.278. The Bertz CT molecular complexity index is 614. The van der Waals surface area contributed by atoms with E-state index in [0.717, 1.165) is 22.0 Å². The van der Waals surface area contributed by atoms with Crippen molar-refractivity contribution in [1.29, 1.82) is 0 Å². The zero-order valence-electron chi connectivity index (χ0n) is 12.1. The van der Waals surface area contributed by atoms with Crippen LogP contribution in [0.4, 0.5) is 0 Å².